The number of benzene rings is 1. The predicted octanol–water partition coefficient (Wildman–Crippen LogP) is 2.57. The zero-order chi connectivity index (χ0) is 18.1. The van der Waals surface area contributed by atoms with Gasteiger partial charge in [0.05, 0.1) is 17.3 Å². The molecule has 3 heterocycles. The fourth-order valence-corrected chi connectivity index (χ4v) is 4.41. The molecule has 1 aromatic carbocycles. The molecule has 0 radical (unpaired) electrons. The van der Waals surface area contributed by atoms with Crippen LogP contribution in [0.1, 0.15) is 48.5 Å². The number of nitrogens with one attached hydrogen (secondary N) is 1. The quantitative estimate of drug-likeness (QED) is 0.758. The lowest BCUT2D eigenvalue weighted by Crippen LogP contribution is -2.41. The Hall–Kier alpha value is -2.41. The number of fused-ring (bicyclic) bond motifs is 3. The Kier molecular flexibility index (Phi) is 3.22. The number of piperidine rings is 1. The van der Waals surface area contributed by atoms with Crippen LogP contribution in [-0.2, 0) is 5.41 Å². The molecule has 6 nitrogen and oxygen atoms in total. The third-order valence-electron chi connectivity index (χ3n) is 6.19. The van der Waals surface area contributed by atoms with Crippen molar-refractivity contribution in [1.82, 2.24) is 19.5 Å². The summed E-state index contributed by atoms with van der Waals surface area (Å²) in [6.45, 7) is 4.47. The number of rotatable bonds is 3. The first-order chi connectivity index (χ1) is 12.5. The number of halogens is 1. The largest absolute Gasteiger partial charge is 0.366 e. The summed E-state index contributed by atoms with van der Waals surface area (Å²) in [6, 6.07) is 3.36. The summed E-state index contributed by atoms with van der Waals surface area (Å²) < 4.78 is 15.6. The first kappa shape index (κ1) is 15.8. The Bertz CT molecular complexity index is 1020. The van der Waals surface area contributed by atoms with Crippen LogP contribution in [0.25, 0.3) is 16.7 Å². The van der Waals surface area contributed by atoms with Gasteiger partial charge in [-0.3, -0.25) is 4.79 Å². The Morgan fingerprint density at radius 2 is 2.08 bits per heavy atom. The molecule has 0 bridgehead atoms. The molecule has 1 saturated carbocycles. The van der Waals surface area contributed by atoms with Gasteiger partial charge in [0.1, 0.15) is 17.0 Å². The number of nitrogens with zero attached hydrogens (tertiary/aromatic N) is 3. The molecule has 26 heavy (non-hydrogen) atoms. The van der Waals surface area contributed by atoms with Crippen LogP contribution in [0.15, 0.2) is 18.3 Å². The van der Waals surface area contributed by atoms with Crippen LogP contribution in [0.5, 0.6) is 0 Å². The van der Waals surface area contributed by atoms with Gasteiger partial charge in [-0.25, -0.2) is 8.91 Å². The van der Waals surface area contributed by atoms with Crippen molar-refractivity contribution in [3.8, 4) is 0 Å². The number of imidazole rings is 1. The minimum atomic E-state index is -0.656. The number of hydrogen-bond donors (Lipinski definition) is 2. The van der Waals surface area contributed by atoms with E-state index in [2.05, 4.69) is 21.9 Å². The van der Waals surface area contributed by atoms with E-state index in [9.17, 15) is 9.18 Å². The molecule has 5 rings (SSSR count). The molecule has 3 N–H and O–H groups in total. The standard InChI is InChI=1S/C19H22FN5O/c1-19(4-6-24(7-5-19)12-2-3-12)14-10-22-25-16-13(17(21)26)8-11(20)9-15(16)23-18(14)25/h8-10,12,23H,2-7H2,1H3,(H2,21,26). The van der Waals surface area contributed by atoms with Crippen molar-refractivity contribution >= 4 is 22.6 Å². The van der Waals surface area contributed by atoms with Crippen molar-refractivity contribution in [3.05, 3.63) is 35.3 Å². The molecule has 1 aliphatic heterocycles. The van der Waals surface area contributed by atoms with E-state index < -0.39 is 11.7 Å². The van der Waals surface area contributed by atoms with Gasteiger partial charge in [0.2, 0.25) is 0 Å². The molecule has 0 spiro atoms. The first-order valence-electron chi connectivity index (χ1n) is 9.19. The van der Waals surface area contributed by atoms with E-state index in [1.165, 1.54) is 25.0 Å². The molecular formula is C19H22FN5O. The highest BCUT2D eigenvalue weighted by Crippen LogP contribution is 2.40. The Morgan fingerprint density at radius 3 is 2.73 bits per heavy atom. The smallest absolute Gasteiger partial charge is 0.251 e. The maximum Gasteiger partial charge on any atom is 0.251 e. The van der Waals surface area contributed by atoms with Crippen LogP contribution in [0.2, 0.25) is 0 Å². The van der Waals surface area contributed by atoms with Crippen molar-refractivity contribution in [2.24, 2.45) is 5.73 Å². The van der Waals surface area contributed by atoms with Gasteiger partial charge in [-0.2, -0.15) is 5.10 Å². The summed E-state index contributed by atoms with van der Waals surface area (Å²) in [5, 5.41) is 4.51. The zero-order valence-electron chi connectivity index (χ0n) is 14.8. The van der Waals surface area contributed by atoms with Crippen molar-refractivity contribution in [2.45, 2.75) is 44.1 Å². The number of likely N-dealkylation sites (tertiary alicyclic amines) is 1. The van der Waals surface area contributed by atoms with Gasteiger partial charge in [0.15, 0.2) is 0 Å². The number of H-pyrrole nitrogens is 1. The summed E-state index contributed by atoms with van der Waals surface area (Å²) >= 11 is 0. The van der Waals surface area contributed by atoms with Crippen LogP contribution in [0, 0.1) is 5.82 Å². The Morgan fingerprint density at radius 1 is 1.35 bits per heavy atom. The average Bonchev–Trinajstić information content (AvgIpc) is 3.26. The van der Waals surface area contributed by atoms with Gasteiger partial charge in [0, 0.05) is 17.0 Å². The summed E-state index contributed by atoms with van der Waals surface area (Å²) in [5.74, 6) is -1.14. The average molecular weight is 355 g/mol. The molecular weight excluding hydrogens is 333 g/mol. The number of carbonyl (C=O) groups is 1. The van der Waals surface area contributed by atoms with Crippen LogP contribution >= 0.6 is 0 Å². The van der Waals surface area contributed by atoms with Gasteiger partial charge in [-0.05, 0) is 50.9 Å². The monoisotopic (exact) mass is 355 g/mol. The first-order valence-corrected chi connectivity index (χ1v) is 9.19. The molecule has 1 aliphatic carbocycles. The topological polar surface area (TPSA) is 79.4 Å². The highest BCUT2D eigenvalue weighted by Gasteiger charge is 2.39. The number of nitrogens with two attached hydrogens (primary N) is 1. The van der Waals surface area contributed by atoms with Crippen molar-refractivity contribution in [1.29, 1.82) is 0 Å². The van der Waals surface area contributed by atoms with Gasteiger partial charge in [-0.1, -0.05) is 6.92 Å². The normalized spacial score (nSPS) is 20.8. The maximum atomic E-state index is 13.9. The van der Waals surface area contributed by atoms with Gasteiger partial charge >= 0.3 is 0 Å². The molecule has 0 unspecified atom stereocenters. The van der Waals surface area contributed by atoms with Crippen LogP contribution in [-0.4, -0.2) is 44.5 Å². The summed E-state index contributed by atoms with van der Waals surface area (Å²) in [7, 11) is 0. The van der Waals surface area contributed by atoms with E-state index in [4.69, 9.17) is 5.73 Å². The molecule has 2 fully saturated rings. The Balaban J connectivity index is 1.61. The van der Waals surface area contributed by atoms with E-state index in [0.717, 1.165) is 43.2 Å². The predicted molar refractivity (Wildman–Crippen MR) is 96.7 cm³/mol. The lowest BCUT2D eigenvalue weighted by molar-refractivity contribution is 0.100. The van der Waals surface area contributed by atoms with Crippen molar-refractivity contribution in [2.75, 3.05) is 13.1 Å². The van der Waals surface area contributed by atoms with E-state index in [0.29, 0.717) is 11.0 Å². The second-order valence-corrected chi connectivity index (χ2v) is 7.99. The lowest BCUT2D eigenvalue weighted by Gasteiger charge is -2.39. The lowest BCUT2D eigenvalue weighted by atomic mass is 9.75. The van der Waals surface area contributed by atoms with E-state index >= 15 is 0 Å². The molecule has 7 heteroatoms. The SMILES string of the molecule is CC1(c2cnn3c2[nH]c2cc(F)cc(C(N)=O)c23)CCN(C2CC2)CC1. The third kappa shape index (κ3) is 2.26. The van der Waals surface area contributed by atoms with Crippen molar-refractivity contribution in [3.63, 3.8) is 0 Å². The van der Waals surface area contributed by atoms with Gasteiger partial charge < -0.3 is 15.6 Å². The number of primary amides is 1. The summed E-state index contributed by atoms with van der Waals surface area (Å²) in [6.07, 6.45) is 6.68. The zero-order valence-corrected chi connectivity index (χ0v) is 14.8. The number of aromatic nitrogens is 3. The maximum absolute atomic E-state index is 13.9. The van der Waals surface area contributed by atoms with Crippen molar-refractivity contribution < 1.29 is 9.18 Å². The highest BCUT2D eigenvalue weighted by molar-refractivity contribution is 6.05. The second-order valence-electron chi connectivity index (χ2n) is 7.99. The molecule has 1 amide bonds. The summed E-state index contributed by atoms with van der Waals surface area (Å²) in [4.78, 5) is 17.6. The van der Waals surface area contributed by atoms with E-state index in [-0.39, 0.29) is 11.0 Å². The Labute approximate surface area is 150 Å². The minimum absolute atomic E-state index is 0.0133. The molecule has 3 aromatic rings. The fraction of sp³-hybridized carbons (Fsp3) is 0.474. The second kappa shape index (κ2) is 5.30. The van der Waals surface area contributed by atoms with Crippen LogP contribution < -0.4 is 5.73 Å². The molecule has 2 aromatic heterocycles. The van der Waals surface area contributed by atoms with Gasteiger partial charge in [-0.15, -0.1) is 0 Å². The third-order valence-corrected chi connectivity index (χ3v) is 6.19. The molecule has 1 saturated heterocycles. The highest BCUT2D eigenvalue weighted by atomic mass is 19.1. The van der Waals surface area contributed by atoms with E-state index in [1.807, 2.05) is 6.20 Å². The minimum Gasteiger partial charge on any atom is -0.366 e. The molecule has 0 atom stereocenters. The number of aromatic amines is 1. The fourth-order valence-electron chi connectivity index (χ4n) is 4.41. The summed E-state index contributed by atoms with van der Waals surface area (Å²) in [5.41, 5.74) is 8.66. The van der Waals surface area contributed by atoms with Crippen LogP contribution in [0.4, 0.5) is 4.39 Å². The number of hydrogen-bond acceptors (Lipinski definition) is 3. The van der Waals surface area contributed by atoms with Crippen LogP contribution in [0.3, 0.4) is 0 Å². The van der Waals surface area contributed by atoms with E-state index in [1.54, 1.807) is 4.52 Å². The van der Waals surface area contributed by atoms with Gasteiger partial charge in [0.25, 0.3) is 5.91 Å². The molecule has 2 aliphatic rings. The molecule has 136 valence electrons. The number of amides is 1. The number of carbonyl (C=O) groups excluding carboxylic acids is 1.